The first-order valence-electron chi connectivity index (χ1n) is 11.9. The van der Waals surface area contributed by atoms with Crippen molar-refractivity contribution in [2.45, 2.75) is 51.6 Å². The normalized spacial score (nSPS) is 20.9. The topological polar surface area (TPSA) is 83.1 Å². The van der Waals surface area contributed by atoms with Gasteiger partial charge in [-0.15, -0.1) is 0 Å². The molecule has 0 unspecified atom stereocenters. The predicted octanol–water partition coefficient (Wildman–Crippen LogP) is 5.50. The minimum absolute atomic E-state index is 0.00137. The lowest BCUT2D eigenvalue weighted by Gasteiger charge is -2.37. The summed E-state index contributed by atoms with van der Waals surface area (Å²) in [6.07, 6.45) is 0.697. The van der Waals surface area contributed by atoms with Crippen molar-refractivity contribution in [2.75, 3.05) is 13.9 Å². The summed E-state index contributed by atoms with van der Waals surface area (Å²) in [6.45, 7) is 5.61. The fourth-order valence-electron chi connectivity index (χ4n) is 5.16. The monoisotopic (exact) mass is 553 g/mol. The number of methoxy groups -OCH3 is 1. The van der Waals surface area contributed by atoms with Gasteiger partial charge in [-0.05, 0) is 68.5 Å². The molecule has 0 saturated heterocycles. The fraction of sp³-hybridized carbons (Fsp3) is 0.357. The van der Waals surface area contributed by atoms with Crippen LogP contribution in [0.1, 0.15) is 56.6 Å². The lowest BCUT2D eigenvalue weighted by atomic mass is 9.71. The third-order valence-corrected chi connectivity index (χ3v) is 7.47. The van der Waals surface area contributed by atoms with Gasteiger partial charge in [-0.1, -0.05) is 28.1 Å². The highest BCUT2D eigenvalue weighted by molar-refractivity contribution is 9.10. The van der Waals surface area contributed by atoms with Crippen molar-refractivity contribution in [3.8, 4) is 17.2 Å². The van der Waals surface area contributed by atoms with Gasteiger partial charge in [-0.3, -0.25) is 4.79 Å². The Morgan fingerprint density at radius 2 is 1.81 bits per heavy atom. The molecule has 0 fully saturated rings. The zero-order valence-corrected chi connectivity index (χ0v) is 22.2. The van der Waals surface area contributed by atoms with E-state index >= 15 is 0 Å². The molecular weight excluding hydrogens is 526 g/mol. The van der Waals surface area contributed by atoms with Crippen molar-refractivity contribution < 1.29 is 28.5 Å². The van der Waals surface area contributed by atoms with E-state index in [9.17, 15) is 9.59 Å². The fourth-order valence-corrected chi connectivity index (χ4v) is 5.72. The summed E-state index contributed by atoms with van der Waals surface area (Å²) in [4.78, 5) is 27.1. The molecule has 2 heterocycles. The minimum atomic E-state index is -0.597. The van der Waals surface area contributed by atoms with E-state index in [4.69, 9.17) is 18.9 Å². The number of allylic oxidation sites excluding steroid dienone is 3. The van der Waals surface area contributed by atoms with Gasteiger partial charge in [-0.25, -0.2) is 4.79 Å². The van der Waals surface area contributed by atoms with Crippen LogP contribution in [-0.4, -0.2) is 31.8 Å². The van der Waals surface area contributed by atoms with E-state index in [0.717, 1.165) is 27.0 Å². The number of hydrogen-bond donors (Lipinski definition) is 1. The average molecular weight is 554 g/mol. The van der Waals surface area contributed by atoms with Gasteiger partial charge in [0.2, 0.25) is 6.79 Å². The molecule has 0 amide bonds. The highest BCUT2D eigenvalue weighted by atomic mass is 79.9. The molecule has 0 bridgehead atoms. The standard InChI is InChI=1S/C28H28BrNO6/c1-14(2)36-28(32)25-15(3)30-21-9-17(16-5-7-18(33-4)8-6-16)10-22(31)27(21)26(25)19-11-23-24(12-20(19)29)35-13-34-23/h5-8,11-12,14,17,26,30H,9-10,13H2,1-4H3/t17-,26+/m1/s1. The zero-order chi connectivity index (χ0) is 25.6. The molecule has 7 nitrogen and oxygen atoms in total. The number of carbonyl (C=O) groups excluding carboxylic acids is 2. The maximum Gasteiger partial charge on any atom is 0.337 e. The minimum Gasteiger partial charge on any atom is -0.497 e. The Labute approximate surface area is 218 Å². The van der Waals surface area contributed by atoms with Gasteiger partial charge in [0.05, 0.1) is 18.8 Å². The first-order valence-corrected chi connectivity index (χ1v) is 12.7. The molecule has 3 aliphatic rings. The summed E-state index contributed by atoms with van der Waals surface area (Å²) in [5.41, 5.74) is 4.38. The molecule has 188 valence electrons. The molecule has 5 rings (SSSR count). The molecule has 0 saturated carbocycles. The van der Waals surface area contributed by atoms with E-state index in [1.807, 2.05) is 57.2 Å². The lowest BCUT2D eigenvalue weighted by molar-refractivity contribution is -0.143. The lowest BCUT2D eigenvalue weighted by Crippen LogP contribution is -2.36. The van der Waals surface area contributed by atoms with Crippen molar-refractivity contribution in [2.24, 2.45) is 0 Å². The molecule has 0 spiro atoms. The number of carbonyl (C=O) groups is 2. The van der Waals surface area contributed by atoms with E-state index in [2.05, 4.69) is 21.2 Å². The second-order valence-corrected chi connectivity index (χ2v) is 10.3. The summed E-state index contributed by atoms with van der Waals surface area (Å²) < 4.78 is 22.8. The van der Waals surface area contributed by atoms with Crippen molar-refractivity contribution in [1.29, 1.82) is 0 Å². The number of halogens is 1. The van der Waals surface area contributed by atoms with E-state index in [1.165, 1.54) is 0 Å². The number of benzene rings is 2. The van der Waals surface area contributed by atoms with Gasteiger partial charge < -0.3 is 24.3 Å². The molecule has 8 heteroatoms. The predicted molar refractivity (Wildman–Crippen MR) is 137 cm³/mol. The Morgan fingerprint density at radius 1 is 1.11 bits per heavy atom. The molecule has 0 aromatic heterocycles. The first-order chi connectivity index (χ1) is 17.3. The van der Waals surface area contributed by atoms with Crippen molar-refractivity contribution >= 4 is 27.7 Å². The van der Waals surface area contributed by atoms with Crippen molar-refractivity contribution in [3.63, 3.8) is 0 Å². The van der Waals surface area contributed by atoms with Crippen LogP contribution >= 0.6 is 15.9 Å². The van der Waals surface area contributed by atoms with E-state index in [1.54, 1.807) is 7.11 Å². The maximum absolute atomic E-state index is 13.8. The number of esters is 1. The van der Waals surface area contributed by atoms with Gasteiger partial charge in [0, 0.05) is 33.8 Å². The van der Waals surface area contributed by atoms with E-state index < -0.39 is 11.9 Å². The first kappa shape index (κ1) is 24.4. The molecule has 2 atom stereocenters. The Morgan fingerprint density at radius 3 is 2.47 bits per heavy atom. The molecule has 0 radical (unpaired) electrons. The highest BCUT2D eigenvalue weighted by Gasteiger charge is 2.42. The van der Waals surface area contributed by atoms with Crippen LogP contribution in [0.25, 0.3) is 0 Å². The van der Waals surface area contributed by atoms with E-state index in [0.29, 0.717) is 41.2 Å². The molecule has 36 heavy (non-hydrogen) atoms. The van der Waals surface area contributed by atoms with Crippen LogP contribution in [0.5, 0.6) is 17.2 Å². The number of hydrogen-bond acceptors (Lipinski definition) is 7. The summed E-state index contributed by atoms with van der Waals surface area (Å²) >= 11 is 3.66. The molecule has 1 N–H and O–H groups in total. The molecule has 2 aromatic carbocycles. The number of ether oxygens (including phenoxy) is 4. The van der Waals surface area contributed by atoms with Crippen molar-refractivity contribution in [3.05, 3.63) is 74.5 Å². The average Bonchev–Trinajstić information content (AvgIpc) is 3.29. The number of Topliss-reactive ketones (excluding diaryl/α,β-unsaturated/α-hetero) is 1. The number of fused-ring (bicyclic) bond motifs is 1. The van der Waals surface area contributed by atoms with Gasteiger partial charge in [-0.2, -0.15) is 0 Å². The molecule has 2 aromatic rings. The van der Waals surface area contributed by atoms with Crippen LogP contribution in [0.2, 0.25) is 0 Å². The summed E-state index contributed by atoms with van der Waals surface area (Å²) in [6, 6.07) is 11.5. The van der Waals surface area contributed by atoms with Crippen LogP contribution in [0.3, 0.4) is 0 Å². The van der Waals surface area contributed by atoms with Crippen LogP contribution in [0.4, 0.5) is 0 Å². The number of ketones is 1. The molecule has 1 aliphatic carbocycles. The second kappa shape index (κ2) is 9.65. The van der Waals surface area contributed by atoms with Crippen molar-refractivity contribution in [1.82, 2.24) is 5.32 Å². The molecule has 2 aliphatic heterocycles. The number of nitrogens with one attached hydrogen (secondary N) is 1. The summed E-state index contributed by atoms with van der Waals surface area (Å²) in [5.74, 6) is 0.963. The maximum atomic E-state index is 13.8. The second-order valence-electron chi connectivity index (χ2n) is 9.47. The Kier molecular flexibility index (Phi) is 6.55. The number of dihydropyridines is 1. The number of rotatable bonds is 5. The zero-order valence-electron chi connectivity index (χ0n) is 20.6. The van der Waals surface area contributed by atoms with Crippen LogP contribution in [0.15, 0.2) is 63.4 Å². The third kappa shape index (κ3) is 4.39. The molecular formula is C28H28BrNO6. The van der Waals surface area contributed by atoms with Gasteiger partial charge >= 0.3 is 5.97 Å². The van der Waals surface area contributed by atoms with Gasteiger partial charge in [0.25, 0.3) is 0 Å². The smallest absolute Gasteiger partial charge is 0.337 e. The largest absolute Gasteiger partial charge is 0.497 e. The van der Waals surface area contributed by atoms with Gasteiger partial charge in [0.15, 0.2) is 17.3 Å². The van der Waals surface area contributed by atoms with Gasteiger partial charge in [0.1, 0.15) is 5.75 Å². The highest BCUT2D eigenvalue weighted by Crippen LogP contribution is 2.49. The summed E-state index contributed by atoms with van der Waals surface area (Å²) in [7, 11) is 1.63. The Bertz CT molecular complexity index is 1290. The van der Waals surface area contributed by atoms with E-state index in [-0.39, 0.29) is 24.6 Å². The third-order valence-electron chi connectivity index (χ3n) is 6.78. The van der Waals surface area contributed by atoms with Crippen LogP contribution < -0.4 is 19.5 Å². The SMILES string of the molecule is COc1ccc([C@H]2CC(=O)C3=C(C2)NC(C)=C(C(=O)OC(C)C)[C@@H]3c2cc3c(cc2Br)OCO3)cc1. The quantitative estimate of drug-likeness (QED) is 0.489. The van der Waals surface area contributed by atoms with Crippen LogP contribution in [0, 0.1) is 0 Å². The summed E-state index contributed by atoms with van der Waals surface area (Å²) in [5, 5.41) is 3.39. The Balaban J connectivity index is 1.60. The Hall–Kier alpha value is -3.26. The van der Waals surface area contributed by atoms with Crippen LogP contribution in [-0.2, 0) is 14.3 Å².